The van der Waals surface area contributed by atoms with Crippen molar-refractivity contribution in [1.29, 1.82) is 0 Å². The number of aromatic carboxylic acids is 1. The normalized spacial score (nSPS) is 10.9. The number of thioether (sulfide) groups is 1. The van der Waals surface area contributed by atoms with Crippen LogP contribution >= 0.6 is 23.1 Å². The molecule has 3 aromatic rings. The molecule has 106 valence electrons. The summed E-state index contributed by atoms with van der Waals surface area (Å²) in [4.78, 5) is 12.5. The number of hydrogen-bond acceptors (Lipinski definition) is 4. The van der Waals surface area contributed by atoms with Gasteiger partial charge in [0.05, 0.1) is 0 Å². The molecule has 2 aromatic carbocycles. The van der Waals surface area contributed by atoms with Gasteiger partial charge in [-0.3, -0.25) is 0 Å². The molecule has 0 fully saturated rings. The van der Waals surface area contributed by atoms with E-state index in [-0.39, 0.29) is 5.75 Å². The van der Waals surface area contributed by atoms with Crippen LogP contribution in [0.4, 0.5) is 0 Å². The summed E-state index contributed by atoms with van der Waals surface area (Å²) in [5.41, 5.74) is 0.816. The van der Waals surface area contributed by atoms with Crippen LogP contribution in [0.3, 0.4) is 0 Å². The summed E-state index contributed by atoms with van der Waals surface area (Å²) in [5.74, 6) is -0.161. The maximum Gasteiger partial charge on any atom is 0.346 e. The predicted molar refractivity (Wildman–Crippen MR) is 86.5 cm³/mol. The van der Waals surface area contributed by atoms with Gasteiger partial charge in [0, 0.05) is 15.3 Å². The first-order valence-corrected chi connectivity index (χ1v) is 8.11. The maximum atomic E-state index is 11.4. The minimum absolute atomic E-state index is 0.221. The average Bonchev–Trinajstić information content (AvgIpc) is 2.85. The number of aromatic hydroxyl groups is 1. The van der Waals surface area contributed by atoms with E-state index in [4.69, 9.17) is 0 Å². The number of hydrogen-bond donors (Lipinski definition) is 2. The number of phenols is 1. The Morgan fingerprint density at radius 2 is 1.81 bits per heavy atom. The zero-order valence-electron chi connectivity index (χ0n) is 10.9. The molecular formula is C16H12O3S2. The van der Waals surface area contributed by atoms with Crippen molar-refractivity contribution in [3.05, 3.63) is 59.0 Å². The summed E-state index contributed by atoms with van der Waals surface area (Å²) in [6.07, 6.45) is 0. The van der Waals surface area contributed by atoms with Crippen LogP contribution in [0.1, 0.15) is 15.2 Å². The Balaban J connectivity index is 1.98. The number of carboxylic acid groups (broad SMARTS) is 1. The number of para-hydroxylation sites is 1. The van der Waals surface area contributed by atoms with Crippen molar-refractivity contribution in [3.63, 3.8) is 0 Å². The summed E-state index contributed by atoms with van der Waals surface area (Å²) >= 11 is 2.74. The second-order valence-corrected chi connectivity index (χ2v) is 6.54. The van der Waals surface area contributed by atoms with Gasteiger partial charge in [-0.15, -0.1) is 23.1 Å². The molecule has 3 nitrogen and oxygen atoms in total. The Morgan fingerprint density at radius 1 is 1.10 bits per heavy atom. The number of carboxylic acids is 1. The number of carbonyl (C=O) groups is 1. The highest BCUT2D eigenvalue weighted by atomic mass is 32.2. The lowest BCUT2D eigenvalue weighted by atomic mass is 10.1. The van der Waals surface area contributed by atoms with Crippen molar-refractivity contribution < 1.29 is 15.0 Å². The first kappa shape index (κ1) is 14.0. The second-order valence-electron chi connectivity index (χ2n) is 4.47. The van der Waals surface area contributed by atoms with Crippen LogP contribution < -0.4 is 0 Å². The fourth-order valence-corrected chi connectivity index (χ4v) is 4.29. The molecule has 0 aliphatic rings. The van der Waals surface area contributed by atoms with Crippen molar-refractivity contribution >= 4 is 39.2 Å². The molecule has 0 saturated carbocycles. The number of rotatable bonds is 4. The smallest absolute Gasteiger partial charge is 0.346 e. The number of phenolic OH excluding ortho intramolecular Hbond substituents is 1. The third-order valence-electron chi connectivity index (χ3n) is 3.13. The van der Waals surface area contributed by atoms with Crippen LogP contribution in [0.5, 0.6) is 5.75 Å². The average molecular weight is 316 g/mol. The molecule has 0 saturated heterocycles. The van der Waals surface area contributed by atoms with E-state index in [0.29, 0.717) is 10.6 Å². The monoisotopic (exact) mass is 316 g/mol. The van der Waals surface area contributed by atoms with Gasteiger partial charge in [0.2, 0.25) is 0 Å². The van der Waals surface area contributed by atoms with E-state index in [1.54, 1.807) is 12.1 Å². The molecule has 5 heteroatoms. The zero-order valence-corrected chi connectivity index (χ0v) is 12.6. The lowest BCUT2D eigenvalue weighted by Gasteiger charge is -2.04. The van der Waals surface area contributed by atoms with Gasteiger partial charge in [0.25, 0.3) is 0 Å². The van der Waals surface area contributed by atoms with Crippen molar-refractivity contribution in [1.82, 2.24) is 0 Å². The van der Waals surface area contributed by atoms with Gasteiger partial charge < -0.3 is 10.2 Å². The number of thiophene rings is 1. The largest absolute Gasteiger partial charge is 0.507 e. The topological polar surface area (TPSA) is 57.5 Å². The number of benzene rings is 2. The molecule has 0 atom stereocenters. The van der Waals surface area contributed by atoms with Crippen molar-refractivity contribution in [3.8, 4) is 5.75 Å². The molecule has 0 amide bonds. The van der Waals surface area contributed by atoms with Gasteiger partial charge in [-0.05, 0) is 29.1 Å². The molecule has 2 N–H and O–H groups in total. The molecule has 0 aliphatic carbocycles. The quantitative estimate of drug-likeness (QED) is 0.691. The Kier molecular flexibility index (Phi) is 3.86. The fraction of sp³-hybridized carbons (Fsp3) is 0.0625. The standard InChI is InChI=1S/C16H12O3S2/c17-12-6-2-4-8-14(12)20-9-11-10-5-1-3-7-13(10)21-15(11)16(18)19/h1-8,17H,9H2,(H,18,19). The second kappa shape index (κ2) is 5.79. The molecule has 0 radical (unpaired) electrons. The lowest BCUT2D eigenvalue weighted by Crippen LogP contribution is -1.96. The SMILES string of the molecule is O=C(O)c1sc2ccccc2c1CSc1ccccc1O. The summed E-state index contributed by atoms with van der Waals surface area (Å²) in [6.45, 7) is 0. The van der Waals surface area contributed by atoms with E-state index in [1.165, 1.54) is 23.1 Å². The predicted octanol–water partition coefficient (Wildman–Crippen LogP) is 4.60. The third kappa shape index (κ3) is 2.75. The van der Waals surface area contributed by atoms with Gasteiger partial charge in [0.1, 0.15) is 10.6 Å². The lowest BCUT2D eigenvalue weighted by molar-refractivity contribution is 0.0701. The van der Waals surface area contributed by atoms with E-state index < -0.39 is 5.97 Å². The van der Waals surface area contributed by atoms with Crippen LogP contribution in [-0.2, 0) is 5.75 Å². The Labute approximate surface area is 129 Å². The maximum absolute atomic E-state index is 11.4. The molecule has 1 aromatic heterocycles. The molecule has 0 unspecified atom stereocenters. The Morgan fingerprint density at radius 3 is 2.57 bits per heavy atom. The highest BCUT2D eigenvalue weighted by Crippen LogP contribution is 2.37. The minimum Gasteiger partial charge on any atom is -0.507 e. The Hall–Kier alpha value is -1.98. The molecule has 3 rings (SSSR count). The Bertz CT molecular complexity index is 808. The van der Waals surface area contributed by atoms with Gasteiger partial charge in [-0.1, -0.05) is 30.3 Å². The van der Waals surface area contributed by atoms with Gasteiger partial charge in [0.15, 0.2) is 0 Å². The van der Waals surface area contributed by atoms with Crippen molar-refractivity contribution in [2.45, 2.75) is 10.6 Å². The van der Waals surface area contributed by atoms with E-state index >= 15 is 0 Å². The summed E-state index contributed by atoms with van der Waals surface area (Å²) in [5, 5.41) is 20.1. The van der Waals surface area contributed by atoms with Gasteiger partial charge in [-0.25, -0.2) is 4.79 Å². The van der Waals surface area contributed by atoms with Crippen LogP contribution in [0.15, 0.2) is 53.4 Å². The van der Waals surface area contributed by atoms with Crippen LogP contribution in [-0.4, -0.2) is 16.2 Å². The van der Waals surface area contributed by atoms with E-state index in [2.05, 4.69) is 0 Å². The van der Waals surface area contributed by atoms with Gasteiger partial charge >= 0.3 is 5.97 Å². The fourth-order valence-electron chi connectivity index (χ4n) is 2.14. The van der Waals surface area contributed by atoms with E-state index in [9.17, 15) is 15.0 Å². The summed E-state index contributed by atoms with van der Waals surface area (Å²) < 4.78 is 0.975. The van der Waals surface area contributed by atoms with Crippen LogP contribution in [0, 0.1) is 0 Å². The molecular weight excluding hydrogens is 304 g/mol. The minimum atomic E-state index is -0.899. The summed E-state index contributed by atoms with van der Waals surface area (Å²) in [7, 11) is 0. The van der Waals surface area contributed by atoms with Crippen molar-refractivity contribution in [2.24, 2.45) is 0 Å². The van der Waals surface area contributed by atoms with Crippen molar-refractivity contribution in [2.75, 3.05) is 0 Å². The van der Waals surface area contributed by atoms with Crippen LogP contribution in [0.2, 0.25) is 0 Å². The summed E-state index contributed by atoms with van der Waals surface area (Å²) in [6, 6.07) is 14.8. The first-order chi connectivity index (χ1) is 10.2. The highest BCUT2D eigenvalue weighted by Gasteiger charge is 2.17. The molecule has 0 bridgehead atoms. The van der Waals surface area contributed by atoms with Crippen LogP contribution in [0.25, 0.3) is 10.1 Å². The van der Waals surface area contributed by atoms with E-state index in [0.717, 1.165) is 20.5 Å². The highest BCUT2D eigenvalue weighted by molar-refractivity contribution is 7.98. The number of fused-ring (bicyclic) bond motifs is 1. The first-order valence-electron chi connectivity index (χ1n) is 6.31. The molecule has 1 heterocycles. The van der Waals surface area contributed by atoms with Gasteiger partial charge in [-0.2, -0.15) is 0 Å². The zero-order chi connectivity index (χ0) is 14.8. The molecule has 0 aliphatic heterocycles. The molecule has 21 heavy (non-hydrogen) atoms. The molecule has 0 spiro atoms. The van der Waals surface area contributed by atoms with E-state index in [1.807, 2.05) is 36.4 Å². The third-order valence-corrected chi connectivity index (χ3v) is 5.42.